The molecule has 1 amide bonds. The summed E-state index contributed by atoms with van der Waals surface area (Å²) in [5.74, 6) is 1.28. The second-order valence-electron chi connectivity index (χ2n) is 8.86. The van der Waals surface area contributed by atoms with Crippen molar-refractivity contribution in [2.45, 2.75) is 64.5 Å². The molecule has 0 aromatic heterocycles. The van der Waals surface area contributed by atoms with Gasteiger partial charge in [0.25, 0.3) is 0 Å². The lowest BCUT2D eigenvalue weighted by atomic mass is 10.0. The molecule has 7 heteroatoms. The summed E-state index contributed by atoms with van der Waals surface area (Å²) in [4.78, 5) is 30.1. The second-order valence-corrected chi connectivity index (χ2v) is 8.86. The molecule has 1 fully saturated rings. The van der Waals surface area contributed by atoms with Crippen molar-refractivity contribution >= 4 is 23.5 Å². The summed E-state index contributed by atoms with van der Waals surface area (Å²) in [6.45, 7) is 3.29. The molecule has 1 unspecified atom stereocenters. The number of nitrogens with one attached hydrogen (secondary N) is 1. The number of amides is 1. The van der Waals surface area contributed by atoms with Gasteiger partial charge in [-0.1, -0.05) is 56.0 Å². The number of carbonyl (C=O) groups is 2. The largest absolute Gasteiger partial charge is 0.494 e. The van der Waals surface area contributed by atoms with E-state index >= 15 is 0 Å². The Morgan fingerprint density at radius 2 is 1.76 bits per heavy atom. The van der Waals surface area contributed by atoms with Gasteiger partial charge in [0.15, 0.2) is 0 Å². The van der Waals surface area contributed by atoms with Crippen LogP contribution in [0.5, 0.6) is 5.75 Å². The van der Waals surface area contributed by atoms with Crippen molar-refractivity contribution < 1.29 is 19.1 Å². The predicted octanol–water partition coefficient (Wildman–Crippen LogP) is 4.51. The molecule has 0 bridgehead atoms. The van der Waals surface area contributed by atoms with Crippen molar-refractivity contribution in [3.63, 3.8) is 0 Å². The second kappa shape index (κ2) is 11.7. The highest BCUT2D eigenvalue weighted by Crippen LogP contribution is 2.32. The molecule has 2 aromatic rings. The lowest BCUT2D eigenvalue weighted by Gasteiger charge is -2.28. The van der Waals surface area contributed by atoms with E-state index < -0.39 is 0 Å². The smallest absolute Gasteiger partial charge is 0.302 e. The van der Waals surface area contributed by atoms with E-state index in [1.165, 1.54) is 6.92 Å². The number of aliphatic imine (C=N–C) groups is 1. The van der Waals surface area contributed by atoms with Crippen LogP contribution < -0.4 is 10.1 Å². The molecule has 2 aliphatic rings. The number of rotatable bonds is 12. The van der Waals surface area contributed by atoms with Crippen LogP contribution in [0.4, 0.5) is 5.69 Å². The Hall–Kier alpha value is -3.35. The van der Waals surface area contributed by atoms with E-state index in [4.69, 9.17) is 9.47 Å². The topological polar surface area (TPSA) is 80.2 Å². The standard InChI is InChI=1S/C27H33N3O4/c1-20(31)33-15-9-4-2-3-5-10-16-34-23-13-14-24-22(18-23)19-30-25(26(32)29-27(30)28-24)17-21-11-7-6-8-12-21/h6-8,11-14,18,25H,2-5,9-10,15-17,19H2,1H3,(H,28,29,32). The summed E-state index contributed by atoms with van der Waals surface area (Å²) in [6, 6.07) is 15.8. The number of unbranched alkanes of at least 4 members (excludes halogenated alkanes) is 5. The Bertz CT molecular complexity index is 1020. The molecule has 34 heavy (non-hydrogen) atoms. The van der Waals surface area contributed by atoms with Gasteiger partial charge in [-0.3, -0.25) is 14.9 Å². The van der Waals surface area contributed by atoms with Crippen LogP contribution in [0, 0.1) is 0 Å². The van der Waals surface area contributed by atoms with Crippen molar-refractivity contribution in [3.05, 3.63) is 59.7 Å². The predicted molar refractivity (Wildman–Crippen MR) is 131 cm³/mol. The minimum absolute atomic E-state index is 0.00161. The van der Waals surface area contributed by atoms with Gasteiger partial charge >= 0.3 is 5.97 Å². The van der Waals surface area contributed by atoms with Crippen LogP contribution in [-0.2, 0) is 27.3 Å². The molecule has 1 saturated heterocycles. The van der Waals surface area contributed by atoms with Crippen LogP contribution in [0.15, 0.2) is 53.5 Å². The quantitative estimate of drug-likeness (QED) is 0.370. The summed E-state index contributed by atoms with van der Waals surface area (Å²) < 4.78 is 10.9. The van der Waals surface area contributed by atoms with E-state index in [1.807, 2.05) is 36.4 Å². The first-order valence-corrected chi connectivity index (χ1v) is 12.2. The summed E-state index contributed by atoms with van der Waals surface area (Å²) in [5, 5.41) is 2.94. The van der Waals surface area contributed by atoms with Crippen LogP contribution in [-0.4, -0.2) is 42.0 Å². The molecule has 2 heterocycles. The zero-order valence-corrected chi connectivity index (χ0v) is 19.8. The highest BCUT2D eigenvalue weighted by molar-refractivity contribution is 6.07. The fourth-order valence-electron chi connectivity index (χ4n) is 4.37. The Balaban J connectivity index is 1.22. The minimum atomic E-state index is -0.257. The van der Waals surface area contributed by atoms with Crippen LogP contribution in [0.25, 0.3) is 0 Å². The van der Waals surface area contributed by atoms with Gasteiger partial charge in [0, 0.05) is 25.5 Å². The Morgan fingerprint density at radius 3 is 2.53 bits per heavy atom. The van der Waals surface area contributed by atoms with E-state index in [0.717, 1.165) is 61.1 Å². The molecular formula is C27H33N3O4. The first-order valence-electron chi connectivity index (χ1n) is 12.2. The number of carbonyl (C=O) groups excluding carboxylic acids is 2. The Morgan fingerprint density at radius 1 is 1.03 bits per heavy atom. The molecule has 1 atom stereocenters. The van der Waals surface area contributed by atoms with Crippen molar-refractivity contribution in [2.75, 3.05) is 13.2 Å². The monoisotopic (exact) mass is 463 g/mol. The molecule has 7 nitrogen and oxygen atoms in total. The third-order valence-electron chi connectivity index (χ3n) is 6.19. The van der Waals surface area contributed by atoms with Crippen molar-refractivity contribution in [2.24, 2.45) is 4.99 Å². The molecule has 2 aromatic carbocycles. The third kappa shape index (κ3) is 6.37. The number of fused-ring (bicyclic) bond motifs is 2. The Labute approximate surface area is 201 Å². The van der Waals surface area contributed by atoms with Gasteiger partial charge in [0.2, 0.25) is 11.9 Å². The van der Waals surface area contributed by atoms with E-state index in [1.54, 1.807) is 0 Å². The lowest BCUT2D eigenvalue weighted by molar-refractivity contribution is -0.141. The van der Waals surface area contributed by atoms with Gasteiger partial charge in [-0.05, 0) is 36.6 Å². The fourth-order valence-corrected chi connectivity index (χ4v) is 4.37. The summed E-state index contributed by atoms with van der Waals surface area (Å²) >= 11 is 0. The molecule has 0 radical (unpaired) electrons. The van der Waals surface area contributed by atoms with Crippen molar-refractivity contribution in [1.29, 1.82) is 0 Å². The molecule has 180 valence electrons. The molecule has 1 N–H and O–H groups in total. The molecule has 0 aliphatic carbocycles. The number of benzene rings is 2. The highest BCUT2D eigenvalue weighted by atomic mass is 16.5. The van der Waals surface area contributed by atoms with Crippen LogP contribution in [0.3, 0.4) is 0 Å². The molecule has 0 spiro atoms. The van der Waals surface area contributed by atoms with E-state index in [0.29, 0.717) is 32.1 Å². The maximum atomic E-state index is 12.6. The first-order chi connectivity index (χ1) is 16.6. The van der Waals surface area contributed by atoms with Crippen LogP contribution >= 0.6 is 0 Å². The normalized spacial score (nSPS) is 16.4. The van der Waals surface area contributed by atoms with Gasteiger partial charge < -0.3 is 14.4 Å². The SMILES string of the molecule is CC(=O)OCCCCCCCCOc1ccc2c(c1)CN1C(=N2)NC(=O)C1Cc1ccccc1. The van der Waals surface area contributed by atoms with E-state index in [2.05, 4.69) is 27.3 Å². The lowest BCUT2D eigenvalue weighted by Crippen LogP contribution is -2.38. The maximum Gasteiger partial charge on any atom is 0.302 e. The molecule has 2 aliphatic heterocycles. The van der Waals surface area contributed by atoms with E-state index in [9.17, 15) is 9.59 Å². The van der Waals surface area contributed by atoms with Crippen LogP contribution in [0.2, 0.25) is 0 Å². The van der Waals surface area contributed by atoms with Gasteiger partial charge in [0.05, 0.1) is 18.9 Å². The number of hydrogen-bond donors (Lipinski definition) is 1. The number of esters is 1. The summed E-state index contributed by atoms with van der Waals surface area (Å²) in [6.07, 6.45) is 7.10. The molecule has 4 rings (SSSR count). The van der Waals surface area contributed by atoms with Crippen LogP contribution in [0.1, 0.15) is 56.6 Å². The average Bonchev–Trinajstić information content (AvgIpc) is 3.13. The average molecular weight is 464 g/mol. The Kier molecular flexibility index (Phi) is 8.17. The fraction of sp³-hybridized carbons (Fsp3) is 0.444. The molecular weight excluding hydrogens is 430 g/mol. The number of hydrogen-bond acceptors (Lipinski definition) is 6. The summed E-state index contributed by atoms with van der Waals surface area (Å²) in [5.41, 5.74) is 3.09. The number of nitrogens with zero attached hydrogens (tertiary/aromatic N) is 2. The first kappa shape index (κ1) is 23.8. The number of ether oxygens (including phenoxy) is 2. The maximum absolute atomic E-state index is 12.6. The van der Waals surface area contributed by atoms with Gasteiger partial charge in [-0.25, -0.2) is 4.99 Å². The highest BCUT2D eigenvalue weighted by Gasteiger charge is 2.39. The van der Waals surface area contributed by atoms with Gasteiger partial charge in [-0.15, -0.1) is 0 Å². The third-order valence-corrected chi connectivity index (χ3v) is 6.19. The summed E-state index contributed by atoms with van der Waals surface area (Å²) in [7, 11) is 0. The van der Waals surface area contributed by atoms with Crippen molar-refractivity contribution in [3.8, 4) is 5.75 Å². The van der Waals surface area contributed by atoms with Gasteiger partial charge in [0.1, 0.15) is 11.8 Å². The number of guanidine groups is 1. The minimum Gasteiger partial charge on any atom is -0.494 e. The van der Waals surface area contributed by atoms with E-state index in [-0.39, 0.29) is 17.9 Å². The zero-order valence-electron chi connectivity index (χ0n) is 19.8. The van der Waals surface area contributed by atoms with Gasteiger partial charge in [-0.2, -0.15) is 0 Å². The molecule has 0 saturated carbocycles. The van der Waals surface area contributed by atoms with Crippen molar-refractivity contribution in [1.82, 2.24) is 10.2 Å². The zero-order chi connectivity index (χ0) is 23.8.